The van der Waals surface area contributed by atoms with Crippen LogP contribution in [0.1, 0.15) is 37.9 Å². The molecule has 1 aromatic rings. The number of halogens is 1. The van der Waals surface area contributed by atoms with Gasteiger partial charge in [0.2, 0.25) is 5.95 Å². The summed E-state index contributed by atoms with van der Waals surface area (Å²) in [4.78, 5) is 11.4. The lowest BCUT2D eigenvalue weighted by Gasteiger charge is -2.24. The van der Waals surface area contributed by atoms with E-state index in [1.165, 1.54) is 12.8 Å². The van der Waals surface area contributed by atoms with Crippen LogP contribution in [0.2, 0.25) is 0 Å². The molecule has 94 valence electrons. The van der Waals surface area contributed by atoms with Gasteiger partial charge in [-0.3, -0.25) is 0 Å². The van der Waals surface area contributed by atoms with Crippen LogP contribution in [0.4, 0.5) is 5.95 Å². The number of alkyl halides is 1. The molecular weight excluding hydrogens is 234 g/mol. The average molecular weight is 254 g/mol. The lowest BCUT2D eigenvalue weighted by molar-refractivity contribution is 0.596. The topological polar surface area (TPSA) is 29.0 Å². The molecule has 1 saturated carbocycles. The van der Waals surface area contributed by atoms with Crippen LogP contribution in [-0.4, -0.2) is 22.6 Å². The standard InChI is InChI=1S/C13H20ClN3/c1-9(2)8-17(12-4-5-12)13-15-7-11(6-14)10(3)16-13/h7,9,12H,4-6,8H2,1-3H3. The van der Waals surface area contributed by atoms with Crippen LogP contribution in [-0.2, 0) is 5.88 Å². The van der Waals surface area contributed by atoms with Crippen LogP contribution in [0.25, 0.3) is 0 Å². The van der Waals surface area contributed by atoms with E-state index in [0.29, 0.717) is 17.8 Å². The van der Waals surface area contributed by atoms with Gasteiger partial charge in [-0.05, 0) is 25.7 Å². The highest BCUT2D eigenvalue weighted by molar-refractivity contribution is 6.17. The smallest absolute Gasteiger partial charge is 0.225 e. The Morgan fingerprint density at radius 3 is 2.65 bits per heavy atom. The lowest BCUT2D eigenvalue weighted by atomic mass is 10.2. The number of hydrogen-bond acceptors (Lipinski definition) is 3. The van der Waals surface area contributed by atoms with Crippen molar-refractivity contribution in [3.8, 4) is 0 Å². The number of anilines is 1. The molecule has 0 aliphatic heterocycles. The van der Waals surface area contributed by atoms with Gasteiger partial charge in [0.1, 0.15) is 0 Å². The SMILES string of the molecule is Cc1nc(N(CC(C)C)C2CC2)ncc1CCl. The van der Waals surface area contributed by atoms with E-state index in [4.69, 9.17) is 11.6 Å². The Hall–Kier alpha value is -0.830. The first-order valence-electron chi connectivity index (χ1n) is 6.27. The molecule has 0 amide bonds. The summed E-state index contributed by atoms with van der Waals surface area (Å²) in [5.41, 5.74) is 2.02. The largest absolute Gasteiger partial charge is 0.338 e. The average Bonchev–Trinajstić information content (AvgIpc) is 3.09. The molecule has 1 aromatic heterocycles. The maximum absolute atomic E-state index is 5.83. The molecule has 17 heavy (non-hydrogen) atoms. The maximum atomic E-state index is 5.83. The fourth-order valence-corrected chi connectivity index (χ4v) is 2.19. The Labute approximate surface area is 108 Å². The maximum Gasteiger partial charge on any atom is 0.225 e. The van der Waals surface area contributed by atoms with Crippen molar-refractivity contribution in [3.05, 3.63) is 17.5 Å². The van der Waals surface area contributed by atoms with Gasteiger partial charge < -0.3 is 4.90 Å². The quantitative estimate of drug-likeness (QED) is 0.755. The van der Waals surface area contributed by atoms with Gasteiger partial charge in [0.05, 0.1) is 5.88 Å². The molecule has 1 heterocycles. The van der Waals surface area contributed by atoms with Crippen LogP contribution in [0.15, 0.2) is 6.20 Å². The predicted octanol–water partition coefficient (Wildman–Crippen LogP) is 3.15. The van der Waals surface area contributed by atoms with Crippen molar-refractivity contribution in [3.63, 3.8) is 0 Å². The fourth-order valence-electron chi connectivity index (χ4n) is 1.92. The summed E-state index contributed by atoms with van der Waals surface area (Å²) in [5.74, 6) is 1.99. The molecule has 1 aliphatic rings. The van der Waals surface area contributed by atoms with E-state index in [2.05, 4.69) is 28.7 Å². The van der Waals surface area contributed by atoms with Gasteiger partial charge in [-0.2, -0.15) is 0 Å². The molecule has 0 bridgehead atoms. The van der Waals surface area contributed by atoms with Crippen molar-refractivity contribution in [2.75, 3.05) is 11.4 Å². The van der Waals surface area contributed by atoms with E-state index >= 15 is 0 Å². The highest BCUT2D eigenvalue weighted by Gasteiger charge is 2.31. The number of aryl methyl sites for hydroxylation is 1. The molecule has 0 unspecified atom stereocenters. The zero-order valence-corrected chi connectivity index (χ0v) is 11.5. The predicted molar refractivity (Wildman–Crippen MR) is 71.5 cm³/mol. The van der Waals surface area contributed by atoms with Gasteiger partial charge in [0, 0.05) is 30.0 Å². The first-order chi connectivity index (χ1) is 8.11. The molecule has 1 fully saturated rings. The Morgan fingerprint density at radius 2 is 2.18 bits per heavy atom. The molecule has 0 saturated heterocycles. The Balaban J connectivity index is 2.20. The van der Waals surface area contributed by atoms with Crippen molar-refractivity contribution in [1.29, 1.82) is 0 Å². The van der Waals surface area contributed by atoms with E-state index in [1.54, 1.807) is 0 Å². The molecule has 0 N–H and O–H groups in total. The van der Waals surface area contributed by atoms with Crippen molar-refractivity contribution < 1.29 is 0 Å². The number of aromatic nitrogens is 2. The number of rotatable bonds is 5. The molecule has 3 nitrogen and oxygen atoms in total. The molecular formula is C13H20ClN3. The van der Waals surface area contributed by atoms with E-state index < -0.39 is 0 Å². The van der Waals surface area contributed by atoms with Crippen LogP contribution in [0, 0.1) is 12.8 Å². The van der Waals surface area contributed by atoms with Gasteiger partial charge >= 0.3 is 0 Å². The highest BCUT2D eigenvalue weighted by atomic mass is 35.5. The Kier molecular flexibility index (Phi) is 3.87. The van der Waals surface area contributed by atoms with E-state index in [0.717, 1.165) is 23.8 Å². The van der Waals surface area contributed by atoms with Crippen molar-refractivity contribution in [1.82, 2.24) is 9.97 Å². The molecule has 4 heteroatoms. The monoisotopic (exact) mass is 253 g/mol. The van der Waals surface area contributed by atoms with Crippen molar-refractivity contribution in [2.24, 2.45) is 5.92 Å². The Bertz CT molecular complexity index is 388. The lowest BCUT2D eigenvalue weighted by Crippen LogP contribution is -2.31. The minimum atomic E-state index is 0.486. The minimum Gasteiger partial charge on any atom is -0.338 e. The van der Waals surface area contributed by atoms with Crippen LogP contribution in [0.3, 0.4) is 0 Å². The summed E-state index contributed by atoms with van der Waals surface area (Å²) in [7, 11) is 0. The summed E-state index contributed by atoms with van der Waals surface area (Å²) in [6.07, 6.45) is 4.40. The Morgan fingerprint density at radius 1 is 1.47 bits per heavy atom. The van der Waals surface area contributed by atoms with Crippen LogP contribution >= 0.6 is 11.6 Å². The van der Waals surface area contributed by atoms with E-state index in [9.17, 15) is 0 Å². The van der Waals surface area contributed by atoms with Crippen LogP contribution in [0.5, 0.6) is 0 Å². The van der Waals surface area contributed by atoms with Gasteiger partial charge in [-0.1, -0.05) is 13.8 Å². The third-order valence-corrected chi connectivity index (χ3v) is 3.31. The number of hydrogen-bond donors (Lipinski definition) is 0. The summed E-state index contributed by atoms with van der Waals surface area (Å²) >= 11 is 5.83. The first-order valence-corrected chi connectivity index (χ1v) is 6.80. The summed E-state index contributed by atoms with van der Waals surface area (Å²) in [6.45, 7) is 7.50. The number of nitrogens with zero attached hydrogens (tertiary/aromatic N) is 3. The van der Waals surface area contributed by atoms with Crippen LogP contribution < -0.4 is 4.90 Å². The van der Waals surface area contributed by atoms with E-state index in [1.807, 2.05) is 13.1 Å². The zero-order chi connectivity index (χ0) is 12.4. The first kappa shape index (κ1) is 12.6. The van der Waals surface area contributed by atoms with Crippen molar-refractivity contribution >= 4 is 17.5 Å². The summed E-state index contributed by atoms with van der Waals surface area (Å²) < 4.78 is 0. The second kappa shape index (κ2) is 5.21. The molecule has 1 aliphatic carbocycles. The summed E-state index contributed by atoms with van der Waals surface area (Å²) in [6, 6.07) is 0.652. The van der Waals surface area contributed by atoms with Gasteiger partial charge in [0.15, 0.2) is 0 Å². The third kappa shape index (κ3) is 3.09. The second-order valence-electron chi connectivity index (χ2n) is 5.19. The van der Waals surface area contributed by atoms with Gasteiger partial charge in [-0.25, -0.2) is 9.97 Å². The molecule has 0 spiro atoms. The summed E-state index contributed by atoms with van der Waals surface area (Å²) in [5, 5.41) is 0. The van der Waals surface area contributed by atoms with Gasteiger partial charge in [-0.15, -0.1) is 11.6 Å². The van der Waals surface area contributed by atoms with Crippen molar-refractivity contribution in [2.45, 2.75) is 45.5 Å². The second-order valence-corrected chi connectivity index (χ2v) is 5.46. The minimum absolute atomic E-state index is 0.486. The molecule has 0 aromatic carbocycles. The fraction of sp³-hybridized carbons (Fsp3) is 0.692. The zero-order valence-electron chi connectivity index (χ0n) is 10.8. The molecule has 2 rings (SSSR count). The highest BCUT2D eigenvalue weighted by Crippen LogP contribution is 2.30. The molecule has 0 radical (unpaired) electrons. The van der Waals surface area contributed by atoms with E-state index in [-0.39, 0.29) is 0 Å². The normalized spacial score (nSPS) is 15.4. The molecule has 0 atom stereocenters. The van der Waals surface area contributed by atoms with Gasteiger partial charge in [0.25, 0.3) is 0 Å². The third-order valence-electron chi connectivity index (χ3n) is 3.02.